The zero-order valence-electron chi connectivity index (χ0n) is 19.1. The predicted molar refractivity (Wildman–Crippen MR) is 137 cm³/mol. The number of phenolic OH excluding ortho intramolecular Hbond substituents is 1. The summed E-state index contributed by atoms with van der Waals surface area (Å²) in [6, 6.07) is 26.4. The number of hydrazone groups is 1. The first-order chi connectivity index (χ1) is 16.8. The van der Waals surface area contributed by atoms with Crippen molar-refractivity contribution in [2.75, 3.05) is 6.54 Å². The summed E-state index contributed by atoms with van der Waals surface area (Å²) < 4.78 is 27.8. The van der Waals surface area contributed by atoms with Crippen LogP contribution in [-0.4, -0.2) is 36.5 Å². The van der Waals surface area contributed by atoms with E-state index in [4.69, 9.17) is 0 Å². The average Bonchev–Trinajstić information content (AvgIpc) is 2.86. The van der Waals surface area contributed by atoms with Crippen molar-refractivity contribution in [1.29, 1.82) is 0 Å². The van der Waals surface area contributed by atoms with Gasteiger partial charge in [-0.3, -0.25) is 4.79 Å². The molecule has 35 heavy (non-hydrogen) atoms. The summed E-state index contributed by atoms with van der Waals surface area (Å²) in [5.41, 5.74) is 4.52. The first-order valence-corrected chi connectivity index (χ1v) is 12.4. The average molecular weight is 488 g/mol. The van der Waals surface area contributed by atoms with Gasteiger partial charge in [-0.05, 0) is 41.5 Å². The van der Waals surface area contributed by atoms with E-state index in [0.717, 1.165) is 26.2 Å². The first-order valence-electron chi connectivity index (χ1n) is 11.0. The molecule has 0 fully saturated rings. The highest BCUT2D eigenvalue weighted by molar-refractivity contribution is 7.89. The van der Waals surface area contributed by atoms with Gasteiger partial charge < -0.3 is 5.11 Å². The van der Waals surface area contributed by atoms with E-state index in [1.165, 1.54) is 18.3 Å². The van der Waals surface area contributed by atoms with E-state index in [9.17, 15) is 18.3 Å². The third kappa shape index (κ3) is 5.74. The number of benzene rings is 4. The van der Waals surface area contributed by atoms with E-state index >= 15 is 0 Å². The van der Waals surface area contributed by atoms with Crippen molar-refractivity contribution < 1.29 is 18.3 Å². The molecule has 7 nitrogen and oxygen atoms in total. The van der Waals surface area contributed by atoms with Crippen LogP contribution in [0, 0.1) is 6.92 Å². The van der Waals surface area contributed by atoms with E-state index in [1.54, 1.807) is 36.4 Å². The lowest BCUT2D eigenvalue weighted by atomic mass is 10.0. The summed E-state index contributed by atoms with van der Waals surface area (Å²) in [5.74, 6) is -0.582. The second-order valence-corrected chi connectivity index (χ2v) is 10.0. The van der Waals surface area contributed by atoms with Crippen molar-refractivity contribution in [1.82, 2.24) is 9.73 Å². The molecule has 0 heterocycles. The molecular formula is C27H25N3O4S. The van der Waals surface area contributed by atoms with Gasteiger partial charge in [0.15, 0.2) is 0 Å². The molecule has 0 spiro atoms. The SMILES string of the molecule is Cc1ccc(S(=O)(=O)N(CC(=O)NN=Cc2c(O)ccc3ccccc23)Cc2ccccc2)cc1. The Morgan fingerprint density at radius 1 is 0.943 bits per heavy atom. The quantitative estimate of drug-likeness (QED) is 0.288. The molecule has 1 amide bonds. The van der Waals surface area contributed by atoms with Gasteiger partial charge in [0.05, 0.1) is 17.7 Å². The summed E-state index contributed by atoms with van der Waals surface area (Å²) in [6.45, 7) is 1.47. The van der Waals surface area contributed by atoms with Crippen LogP contribution in [0.4, 0.5) is 0 Å². The van der Waals surface area contributed by atoms with Gasteiger partial charge in [-0.15, -0.1) is 0 Å². The number of hydrogen-bond acceptors (Lipinski definition) is 5. The number of hydrogen-bond donors (Lipinski definition) is 2. The molecule has 2 N–H and O–H groups in total. The third-order valence-electron chi connectivity index (χ3n) is 5.51. The predicted octanol–water partition coefficient (Wildman–Crippen LogP) is 4.20. The lowest BCUT2D eigenvalue weighted by molar-refractivity contribution is -0.121. The highest BCUT2D eigenvalue weighted by Crippen LogP contribution is 2.25. The van der Waals surface area contributed by atoms with Crippen molar-refractivity contribution in [2.24, 2.45) is 5.10 Å². The van der Waals surface area contributed by atoms with Crippen molar-refractivity contribution in [2.45, 2.75) is 18.4 Å². The van der Waals surface area contributed by atoms with E-state index < -0.39 is 22.5 Å². The third-order valence-corrected chi connectivity index (χ3v) is 7.32. The molecule has 4 aromatic rings. The standard InChI is InChI=1S/C27H25N3O4S/c1-20-11-14-23(15-12-20)35(33,34)30(18-21-7-3-2-4-8-21)19-27(32)29-28-17-25-24-10-6-5-9-22(24)13-16-26(25)31/h2-17,31H,18-19H2,1H3,(H,29,32). The summed E-state index contributed by atoms with van der Waals surface area (Å²) >= 11 is 0. The van der Waals surface area contributed by atoms with Crippen molar-refractivity contribution in [3.05, 3.63) is 108 Å². The number of phenols is 1. The highest BCUT2D eigenvalue weighted by Gasteiger charge is 2.27. The van der Waals surface area contributed by atoms with Crippen LogP contribution in [0.5, 0.6) is 5.75 Å². The Labute approximate surface area is 204 Å². The van der Waals surface area contributed by atoms with Gasteiger partial charge in [0.25, 0.3) is 5.91 Å². The molecule has 0 aromatic heterocycles. The number of carbonyl (C=O) groups excluding carboxylic acids is 1. The van der Waals surface area contributed by atoms with Gasteiger partial charge >= 0.3 is 0 Å². The molecule has 0 radical (unpaired) electrons. The number of rotatable bonds is 8. The summed E-state index contributed by atoms with van der Waals surface area (Å²) in [7, 11) is -3.94. The topological polar surface area (TPSA) is 99.1 Å². The maximum absolute atomic E-state index is 13.3. The number of aromatic hydroxyl groups is 1. The zero-order chi connectivity index (χ0) is 24.8. The Kier molecular flexibility index (Phi) is 7.24. The largest absolute Gasteiger partial charge is 0.507 e. The van der Waals surface area contributed by atoms with E-state index in [0.29, 0.717) is 5.56 Å². The van der Waals surface area contributed by atoms with Crippen LogP contribution >= 0.6 is 0 Å². The molecule has 0 bridgehead atoms. The van der Waals surface area contributed by atoms with Crippen LogP contribution in [0.3, 0.4) is 0 Å². The monoisotopic (exact) mass is 487 g/mol. The molecule has 0 atom stereocenters. The fraction of sp³-hybridized carbons (Fsp3) is 0.111. The van der Waals surface area contributed by atoms with E-state index in [2.05, 4.69) is 10.5 Å². The second-order valence-electron chi connectivity index (χ2n) is 8.08. The minimum absolute atomic E-state index is 0.0225. The molecule has 8 heteroatoms. The van der Waals surface area contributed by atoms with E-state index in [-0.39, 0.29) is 17.2 Å². The number of nitrogens with one attached hydrogen (secondary N) is 1. The van der Waals surface area contributed by atoms with Crippen molar-refractivity contribution >= 4 is 32.9 Å². The number of fused-ring (bicyclic) bond motifs is 1. The Morgan fingerprint density at radius 2 is 1.63 bits per heavy atom. The van der Waals surface area contributed by atoms with Gasteiger partial charge in [-0.25, -0.2) is 13.8 Å². The van der Waals surface area contributed by atoms with Crippen LogP contribution in [0.2, 0.25) is 0 Å². The lowest BCUT2D eigenvalue weighted by Crippen LogP contribution is -2.39. The van der Waals surface area contributed by atoms with Crippen LogP contribution in [0.15, 0.2) is 101 Å². The fourth-order valence-electron chi connectivity index (χ4n) is 3.66. The molecule has 0 aliphatic heterocycles. The van der Waals surface area contributed by atoms with Crippen LogP contribution < -0.4 is 5.43 Å². The van der Waals surface area contributed by atoms with E-state index in [1.807, 2.05) is 49.4 Å². The molecule has 4 rings (SSSR count). The number of nitrogens with zero attached hydrogens (tertiary/aromatic N) is 2. The van der Waals surface area contributed by atoms with Crippen LogP contribution in [0.25, 0.3) is 10.8 Å². The number of amides is 1. The lowest BCUT2D eigenvalue weighted by Gasteiger charge is -2.21. The van der Waals surface area contributed by atoms with Crippen molar-refractivity contribution in [3.63, 3.8) is 0 Å². The summed E-state index contributed by atoms with van der Waals surface area (Å²) in [6.07, 6.45) is 1.35. The Hall–Kier alpha value is -4.01. The molecule has 0 saturated heterocycles. The maximum Gasteiger partial charge on any atom is 0.255 e. The second kappa shape index (κ2) is 10.5. The fourth-order valence-corrected chi connectivity index (χ4v) is 5.04. The zero-order valence-corrected chi connectivity index (χ0v) is 19.9. The first kappa shape index (κ1) is 24.1. The number of aryl methyl sites for hydroxylation is 1. The molecule has 0 saturated carbocycles. The van der Waals surface area contributed by atoms with Gasteiger partial charge in [0.2, 0.25) is 10.0 Å². The molecule has 178 valence electrons. The molecule has 0 aliphatic carbocycles. The molecule has 4 aromatic carbocycles. The maximum atomic E-state index is 13.3. The Balaban J connectivity index is 1.55. The Bertz CT molecular complexity index is 1470. The molecule has 0 unspecified atom stereocenters. The molecular weight excluding hydrogens is 462 g/mol. The van der Waals surface area contributed by atoms with Crippen molar-refractivity contribution in [3.8, 4) is 5.75 Å². The van der Waals surface area contributed by atoms with Gasteiger partial charge in [-0.1, -0.05) is 78.4 Å². The summed E-state index contributed by atoms with van der Waals surface area (Å²) in [4.78, 5) is 12.8. The smallest absolute Gasteiger partial charge is 0.255 e. The minimum Gasteiger partial charge on any atom is -0.507 e. The number of carbonyl (C=O) groups is 1. The van der Waals surface area contributed by atoms with Crippen LogP contribution in [-0.2, 0) is 21.4 Å². The van der Waals surface area contributed by atoms with Gasteiger partial charge in [-0.2, -0.15) is 9.41 Å². The highest BCUT2D eigenvalue weighted by atomic mass is 32.2. The van der Waals surface area contributed by atoms with Gasteiger partial charge in [0, 0.05) is 12.1 Å². The van der Waals surface area contributed by atoms with Crippen LogP contribution in [0.1, 0.15) is 16.7 Å². The molecule has 0 aliphatic rings. The minimum atomic E-state index is -3.94. The van der Waals surface area contributed by atoms with Gasteiger partial charge in [0.1, 0.15) is 5.75 Å². The normalized spacial score (nSPS) is 11.8. The number of sulfonamides is 1. The Morgan fingerprint density at radius 3 is 2.37 bits per heavy atom. The summed E-state index contributed by atoms with van der Waals surface area (Å²) in [5, 5.41) is 15.9.